The summed E-state index contributed by atoms with van der Waals surface area (Å²) in [6.07, 6.45) is -0.755. The van der Waals surface area contributed by atoms with Crippen LogP contribution in [0.5, 0.6) is 5.75 Å². The molecule has 0 radical (unpaired) electrons. The first-order valence-corrected chi connectivity index (χ1v) is 5.53. The normalized spacial score (nSPS) is 10.2. The van der Waals surface area contributed by atoms with E-state index >= 15 is 0 Å². The number of hydrogen-bond donors (Lipinski definition) is 1. The lowest BCUT2D eigenvalue weighted by Gasteiger charge is -2.17. The average Bonchev–Trinajstić information content (AvgIpc) is 2.16. The maximum absolute atomic E-state index is 10.9. The molecule has 0 aliphatic heterocycles. The van der Waals surface area contributed by atoms with Crippen LogP contribution in [0.1, 0.15) is 50.7 Å². The van der Waals surface area contributed by atoms with Gasteiger partial charge in [0.1, 0.15) is 5.75 Å². The fraction of sp³-hybridized carbons (Fsp3) is 0.462. The molecule has 0 unspecified atom stereocenters. The molecule has 0 heterocycles. The van der Waals surface area contributed by atoms with Crippen molar-refractivity contribution >= 4 is 18.5 Å². The molecule has 1 aromatic carbocycles. The number of halogens is 1. The maximum atomic E-state index is 10.9. The third-order valence-electron chi connectivity index (χ3n) is 2.52. The first-order valence-electron chi connectivity index (χ1n) is 5.53. The van der Waals surface area contributed by atoms with Crippen LogP contribution >= 0.6 is 12.4 Å². The monoisotopic (exact) mass is 257 g/mol. The fourth-order valence-electron chi connectivity index (χ4n) is 1.70. The van der Waals surface area contributed by atoms with Crippen molar-refractivity contribution in [2.45, 2.75) is 39.5 Å². The van der Waals surface area contributed by atoms with E-state index in [-0.39, 0.29) is 12.4 Å². The Morgan fingerprint density at radius 3 is 1.82 bits per heavy atom. The molecular weight excluding hydrogens is 238 g/mol. The Balaban J connectivity index is 0.00000256. The Labute approximate surface area is 109 Å². The van der Waals surface area contributed by atoms with Crippen LogP contribution in [-0.2, 0) is 0 Å². The summed E-state index contributed by atoms with van der Waals surface area (Å²) in [5, 5.41) is 0. The smallest absolute Gasteiger partial charge is 0.409 e. The lowest BCUT2D eigenvalue weighted by molar-refractivity contribution is 0.209. The molecule has 0 saturated heterocycles. The first-order chi connectivity index (χ1) is 7.43. The van der Waals surface area contributed by atoms with Crippen LogP contribution < -0.4 is 10.5 Å². The molecule has 0 bridgehead atoms. The molecule has 17 heavy (non-hydrogen) atoms. The Kier molecular flexibility index (Phi) is 6.03. The lowest BCUT2D eigenvalue weighted by atomic mass is 9.94. The summed E-state index contributed by atoms with van der Waals surface area (Å²) in [4.78, 5) is 10.9. The van der Waals surface area contributed by atoms with Gasteiger partial charge in [-0.3, -0.25) is 0 Å². The van der Waals surface area contributed by atoms with Crippen molar-refractivity contribution in [3.8, 4) is 5.75 Å². The van der Waals surface area contributed by atoms with E-state index in [4.69, 9.17) is 10.5 Å². The fourth-order valence-corrected chi connectivity index (χ4v) is 1.70. The summed E-state index contributed by atoms with van der Waals surface area (Å²) in [6.45, 7) is 8.25. The van der Waals surface area contributed by atoms with Crippen LogP contribution in [-0.4, -0.2) is 6.09 Å². The molecule has 1 aromatic rings. The minimum absolute atomic E-state index is 0. The van der Waals surface area contributed by atoms with E-state index in [0.717, 1.165) is 11.1 Å². The van der Waals surface area contributed by atoms with Gasteiger partial charge in [-0.1, -0.05) is 45.9 Å². The van der Waals surface area contributed by atoms with Crippen molar-refractivity contribution in [1.82, 2.24) is 0 Å². The number of primary amides is 1. The molecule has 0 fully saturated rings. The molecule has 0 atom stereocenters. The van der Waals surface area contributed by atoms with Crippen molar-refractivity contribution in [2.75, 3.05) is 0 Å². The van der Waals surface area contributed by atoms with Gasteiger partial charge in [-0.15, -0.1) is 12.4 Å². The predicted molar refractivity (Wildman–Crippen MR) is 72.1 cm³/mol. The molecule has 3 nitrogen and oxygen atoms in total. The summed E-state index contributed by atoms with van der Waals surface area (Å²) in [5.74, 6) is 1.22. The number of benzene rings is 1. The number of para-hydroxylation sites is 1. The van der Waals surface area contributed by atoms with Crippen LogP contribution in [0, 0.1) is 0 Å². The molecule has 0 saturated carbocycles. The van der Waals surface area contributed by atoms with Gasteiger partial charge in [0.15, 0.2) is 0 Å². The SMILES string of the molecule is CC(C)c1cccc(C(C)C)c1OC(N)=O.Cl. The quantitative estimate of drug-likeness (QED) is 0.895. The Morgan fingerprint density at radius 2 is 1.53 bits per heavy atom. The highest BCUT2D eigenvalue weighted by Gasteiger charge is 2.16. The third kappa shape index (κ3) is 3.93. The van der Waals surface area contributed by atoms with Crippen molar-refractivity contribution in [3.05, 3.63) is 29.3 Å². The number of nitrogens with two attached hydrogens (primary N) is 1. The van der Waals surface area contributed by atoms with Crippen LogP contribution in [0.4, 0.5) is 4.79 Å². The number of ether oxygens (including phenoxy) is 1. The minimum atomic E-state index is -0.755. The topological polar surface area (TPSA) is 52.3 Å². The summed E-state index contributed by atoms with van der Waals surface area (Å²) in [7, 11) is 0. The molecule has 1 amide bonds. The standard InChI is InChI=1S/C13H19NO2.ClH/c1-8(2)10-6-5-7-11(9(3)4)12(10)16-13(14)15;/h5-9H,1-4H3,(H2,14,15);1H. The highest BCUT2D eigenvalue weighted by Crippen LogP contribution is 2.34. The van der Waals surface area contributed by atoms with Gasteiger partial charge in [-0.05, 0) is 23.0 Å². The highest BCUT2D eigenvalue weighted by atomic mass is 35.5. The maximum Gasteiger partial charge on any atom is 0.409 e. The average molecular weight is 258 g/mol. The van der Waals surface area contributed by atoms with E-state index in [2.05, 4.69) is 27.7 Å². The number of carbonyl (C=O) groups is 1. The summed E-state index contributed by atoms with van der Waals surface area (Å²) < 4.78 is 5.14. The van der Waals surface area contributed by atoms with E-state index < -0.39 is 6.09 Å². The molecule has 0 aliphatic carbocycles. The van der Waals surface area contributed by atoms with Crippen molar-refractivity contribution in [2.24, 2.45) is 5.73 Å². The molecular formula is C13H20ClNO2. The van der Waals surface area contributed by atoms with Gasteiger partial charge in [-0.25, -0.2) is 4.79 Å². The molecule has 96 valence electrons. The van der Waals surface area contributed by atoms with E-state index in [9.17, 15) is 4.79 Å². The Morgan fingerprint density at radius 1 is 1.12 bits per heavy atom. The second-order valence-corrected chi connectivity index (χ2v) is 4.50. The Bertz CT molecular complexity index is 363. The minimum Gasteiger partial charge on any atom is -0.410 e. The van der Waals surface area contributed by atoms with Gasteiger partial charge in [0.05, 0.1) is 0 Å². The molecule has 0 aromatic heterocycles. The van der Waals surface area contributed by atoms with E-state index in [1.807, 2.05) is 18.2 Å². The number of hydrogen-bond acceptors (Lipinski definition) is 2. The summed E-state index contributed by atoms with van der Waals surface area (Å²) >= 11 is 0. The van der Waals surface area contributed by atoms with Gasteiger partial charge in [0.25, 0.3) is 0 Å². The predicted octanol–water partition coefficient (Wildman–Crippen LogP) is 3.81. The summed E-state index contributed by atoms with van der Waals surface area (Å²) in [5.41, 5.74) is 7.14. The van der Waals surface area contributed by atoms with Gasteiger partial charge in [0, 0.05) is 0 Å². The van der Waals surface area contributed by atoms with Gasteiger partial charge in [0.2, 0.25) is 0 Å². The largest absolute Gasteiger partial charge is 0.410 e. The molecule has 1 rings (SSSR count). The van der Waals surface area contributed by atoms with Crippen LogP contribution in [0.25, 0.3) is 0 Å². The zero-order chi connectivity index (χ0) is 12.3. The van der Waals surface area contributed by atoms with E-state index in [0.29, 0.717) is 17.6 Å². The van der Waals surface area contributed by atoms with Gasteiger partial charge < -0.3 is 10.5 Å². The van der Waals surface area contributed by atoms with Crippen molar-refractivity contribution in [3.63, 3.8) is 0 Å². The summed E-state index contributed by atoms with van der Waals surface area (Å²) in [6, 6.07) is 5.92. The van der Waals surface area contributed by atoms with E-state index in [1.54, 1.807) is 0 Å². The van der Waals surface area contributed by atoms with Crippen molar-refractivity contribution < 1.29 is 9.53 Å². The first kappa shape index (κ1) is 15.8. The van der Waals surface area contributed by atoms with Crippen molar-refractivity contribution in [1.29, 1.82) is 0 Å². The number of carbonyl (C=O) groups excluding carboxylic acids is 1. The van der Waals surface area contributed by atoms with Crippen LogP contribution in [0.15, 0.2) is 18.2 Å². The molecule has 0 spiro atoms. The molecule has 4 heteroatoms. The van der Waals surface area contributed by atoms with Gasteiger partial charge >= 0.3 is 6.09 Å². The van der Waals surface area contributed by atoms with E-state index in [1.165, 1.54) is 0 Å². The molecule has 2 N–H and O–H groups in total. The van der Waals surface area contributed by atoms with Crippen LogP contribution in [0.2, 0.25) is 0 Å². The third-order valence-corrected chi connectivity index (χ3v) is 2.52. The number of amides is 1. The van der Waals surface area contributed by atoms with Gasteiger partial charge in [-0.2, -0.15) is 0 Å². The molecule has 0 aliphatic rings. The van der Waals surface area contributed by atoms with Crippen LogP contribution in [0.3, 0.4) is 0 Å². The Hall–Kier alpha value is -1.22. The zero-order valence-corrected chi connectivity index (χ0v) is 11.5. The lowest BCUT2D eigenvalue weighted by Crippen LogP contribution is -2.18. The number of rotatable bonds is 3. The zero-order valence-electron chi connectivity index (χ0n) is 10.7. The highest BCUT2D eigenvalue weighted by molar-refractivity contribution is 5.85. The second kappa shape index (κ2) is 6.50. The second-order valence-electron chi connectivity index (χ2n) is 4.50.